The molecule has 3 atom stereocenters. The van der Waals surface area contributed by atoms with E-state index in [4.69, 9.17) is 0 Å². The van der Waals surface area contributed by atoms with Gasteiger partial charge in [0.25, 0.3) is 0 Å². The molecule has 1 fully saturated rings. The second-order valence-electron chi connectivity index (χ2n) is 11.9. The van der Waals surface area contributed by atoms with Gasteiger partial charge in [-0.3, -0.25) is 4.90 Å². The van der Waals surface area contributed by atoms with Crippen LogP contribution in [0, 0.1) is 5.92 Å². The molecular formula is C32H45N2+. The van der Waals surface area contributed by atoms with E-state index in [0.717, 1.165) is 12.5 Å². The molecule has 2 heterocycles. The van der Waals surface area contributed by atoms with Crippen LogP contribution in [0.25, 0.3) is 0 Å². The number of rotatable bonds is 6. The van der Waals surface area contributed by atoms with Gasteiger partial charge in [0.15, 0.2) is 0 Å². The van der Waals surface area contributed by atoms with Crippen molar-refractivity contribution in [2.75, 3.05) is 18.0 Å². The van der Waals surface area contributed by atoms with Crippen LogP contribution in [0.15, 0.2) is 60.3 Å². The van der Waals surface area contributed by atoms with Gasteiger partial charge in [0.1, 0.15) is 11.7 Å². The summed E-state index contributed by atoms with van der Waals surface area (Å²) in [7, 11) is 0. The maximum Gasteiger partial charge on any atom is 0.135 e. The number of nitrogens with zero attached hydrogens (tertiary/aromatic N) is 1. The van der Waals surface area contributed by atoms with Crippen LogP contribution in [-0.2, 0) is 10.8 Å². The summed E-state index contributed by atoms with van der Waals surface area (Å²) >= 11 is 0. The molecule has 5 rings (SSSR count). The lowest BCUT2D eigenvalue weighted by Gasteiger charge is -2.37. The normalized spacial score (nSPS) is 29.4. The number of anilines is 1. The molecule has 0 bridgehead atoms. The third kappa shape index (κ3) is 3.73. The molecule has 0 spiro atoms. The molecule has 0 saturated heterocycles. The van der Waals surface area contributed by atoms with Crippen LogP contribution < -0.4 is 9.80 Å². The fraction of sp³-hybridized carbons (Fsp3) is 0.562. The molecule has 0 radical (unpaired) electrons. The zero-order valence-corrected chi connectivity index (χ0v) is 22.2. The Hall–Kier alpha value is -2.06. The smallest absolute Gasteiger partial charge is 0.135 e. The maximum absolute atomic E-state index is 2.73. The number of allylic oxidation sites excluding steroid dienone is 1. The lowest BCUT2D eigenvalue weighted by molar-refractivity contribution is -0.850. The van der Waals surface area contributed by atoms with Crippen LogP contribution in [0.2, 0.25) is 0 Å². The average molecular weight is 458 g/mol. The molecule has 2 aromatic carbocycles. The number of benzene rings is 2. The Morgan fingerprint density at radius 2 is 1.59 bits per heavy atom. The highest BCUT2D eigenvalue weighted by Crippen LogP contribution is 2.50. The number of hydrogen-bond donors (Lipinski definition) is 1. The molecule has 0 aromatic heterocycles. The van der Waals surface area contributed by atoms with Crippen molar-refractivity contribution in [1.82, 2.24) is 0 Å². The lowest BCUT2D eigenvalue weighted by Crippen LogP contribution is -3.10. The SMILES string of the molecule is CCC[NH+]1c2ccccc2C(C)(CC2CCCCC2)C1C=C1N(CC)c2ccccc2C1(C)C. The van der Waals surface area contributed by atoms with Gasteiger partial charge in [-0.2, -0.15) is 0 Å². The minimum absolute atomic E-state index is 0.0322. The Balaban J connectivity index is 1.63. The summed E-state index contributed by atoms with van der Waals surface area (Å²) in [5.74, 6) is 0.866. The van der Waals surface area contributed by atoms with Crippen molar-refractivity contribution in [2.45, 2.75) is 96.4 Å². The number of quaternary nitrogens is 1. The Labute approximate surface area is 208 Å². The van der Waals surface area contributed by atoms with Gasteiger partial charge in [-0.05, 0) is 56.4 Å². The topological polar surface area (TPSA) is 7.68 Å². The number of hydrogen-bond acceptors (Lipinski definition) is 1. The standard InChI is InChI=1S/C32H44N2/c1-6-21-34-28-20-14-12-18-26(28)32(5,23-24-15-9-8-10-16-24)30(34)22-29-31(3,4)25-17-11-13-19-27(25)33(29)7-2/h11-14,17-20,22,24,30H,6-10,15-16,21,23H2,1-5H3/p+1. The summed E-state index contributed by atoms with van der Waals surface area (Å²) < 4.78 is 0. The fourth-order valence-electron chi connectivity index (χ4n) is 7.69. The predicted molar refractivity (Wildman–Crippen MR) is 145 cm³/mol. The molecule has 1 N–H and O–H groups in total. The highest BCUT2D eigenvalue weighted by atomic mass is 15.2. The monoisotopic (exact) mass is 457 g/mol. The van der Waals surface area contributed by atoms with Crippen molar-refractivity contribution in [3.05, 3.63) is 71.4 Å². The van der Waals surface area contributed by atoms with Crippen LogP contribution in [0.5, 0.6) is 0 Å². The summed E-state index contributed by atoms with van der Waals surface area (Å²) in [4.78, 5) is 4.29. The molecule has 3 aliphatic rings. The lowest BCUT2D eigenvalue weighted by atomic mass is 9.68. The Kier molecular flexibility index (Phi) is 6.40. The van der Waals surface area contributed by atoms with Crippen LogP contribution in [-0.4, -0.2) is 19.1 Å². The number of para-hydroxylation sites is 2. The second kappa shape index (κ2) is 9.19. The predicted octanol–water partition coefficient (Wildman–Crippen LogP) is 6.92. The highest BCUT2D eigenvalue weighted by Gasteiger charge is 2.53. The summed E-state index contributed by atoms with van der Waals surface area (Å²) in [6.45, 7) is 14.4. The largest absolute Gasteiger partial charge is 0.344 e. The van der Waals surface area contributed by atoms with Crippen molar-refractivity contribution in [3.63, 3.8) is 0 Å². The quantitative estimate of drug-likeness (QED) is 0.494. The van der Waals surface area contributed by atoms with Gasteiger partial charge in [-0.25, -0.2) is 0 Å². The van der Waals surface area contributed by atoms with Crippen LogP contribution in [0.4, 0.5) is 11.4 Å². The van der Waals surface area contributed by atoms with E-state index in [1.165, 1.54) is 68.4 Å². The molecule has 34 heavy (non-hydrogen) atoms. The molecule has 2 aliphatic heterocycles. The third-order valence-corrected chi connectivity index (χ3v) is 9.35. The van der Waals surface area contributed by atoms with Crippen LogP contribution in [0.3, 0.4) is 0 Å². The number of nitrogens with one attached hydrogen (secondary N) is 1. The second-order valence-corrected chi connectivity index (χ2v) is 11.9. The van der Waals surface area contributed by atoms with E-state index >= 15 is 0 Å². The maximum atomic E-state index is 2.73. The van der Waals surface area contributed by atoms with E-state index in [-0.39, 0.29) is 10.8 Å². The van der Waals surface area contributed by atoms with Gasteiger partial charge >= 0.3 is 0 Å². The molecule has 2 aromatic rings. The molecule has 1 aliphatic carbocycles. The first kappa shape index (κ1) is 23.7. The van der Waals surface area contributed by atoms with E-state index < -0.39 is 0 Å². The third-order valence-electron chi connectivity index (χ3n) is 9.35. The first-order valence-electron chi connectivity index (χ1n) is 14.0. The summed E-state index contributed by atoms with van der Waals surface area (Å²) in [6, 6.07) is 19.0. The summed E-state index contributed by atoms with van der Waals surface area (Å²) in [5.41, 5.74) is 7.78. The van der Waals surface area contributed by atoms with Crippen LogP contribution in [0.1, 0.15) is 90.7 Å². The van der Waals surface area contributed by atoms with Crippen molar-refractivity contribution in [2.24, 2.45) is 5.92 Å². The highest BCUT2D eigenvalue weighted by molar-refractivity contribution is 5.70. The average Bonchev–Trinajstić information content (AvgIpc) is 3.21. The first-order valence-corrected chi connectivity index (χ1v) is 14.0. The zero-order valence-electron chi connectivity index (χ0n) is 22.2. The van der Waals surface area contributed by atoms with Gasteiger partial charge < -0.3 is 4.90 Å². The van der Waals surface area contributed by atoms with Crippen molar-refractivity contribution in [1.29, 1.82) is 0 Å². The van der Waals surface area contributed by atoms with E-state index in [1.54, 1.807) is 16.2 Å². The van der Waals surface area contributed by atoms with Gasteiger partial charge in [-0.1, -0.05) is 89.3 Å². The van der Waals surface area contributed by atoms with E-state index in [9.17, 15) is 0 Å². The molecule has 182 valence electrons. The molecule has 2 nitrogen and oxygen atoms in total. The molecule has 0 amide bonds. The van der Waals surface area contributed by atoms with Crippen LogP contribution >= 0.6 is 0 Å². The van der Waals surface area contributed by atoms with E-state index in [2.05, 4.69) is 94.1 Å². The number of likely N-dealkylation sites (N-methyl/N-ethyl adjacent to an activating group) is 1. The van der Waals surface area contributed by atoms with E-state index in [1.807, 2.05) is 0 Å². The molecule has 1 saturated carbocycles. The summed E-state index contributed by atoms with van der Waals surface area (Å²) in [6.07, 6.45) is 12.4. The van der Waals surface area contributed by atoms with Crippen molar-refractivity contribution >= 4 is 11.4 Å². The Morgan fingerprint density at radius 1 is 0.912 bits per heavy atom. The van der Waals surface area contributed by atoms with Gasteiger partial charge in [0.05, 0.1) is 12.0 Å². The molecule has 2 heteroatoms. The summed E-state index contributed by atoms with van der Waals surface area (Å²) in [5, 5.41) is 0. The van der Waals surface area contributed by atoms with Gasteiger partial charge in [0, 0.05) is 28.9 Å². The van der Waals surface area contributed by atoms with E-state index in [0.29, 0.717) is 6.04 Å². The first-order chi connectivity index (χ1) is 16.4. The Bertz CT molecular complexity index is 1040. The minimum atomic E-state index is 0.0322. The van der Waals surface area contributed by atoms with Gasteiger partial charge in [-0.15, -0.1) is 0 Å². The van der Waals surface area contributed by atoms with Crippen molar-refractivity contribution < 1.29 is 4.90 Å². The Morgan fingerprint density at radius 3 is 2.29 bits per heavy atom. The molecule has 3 unspecified atom stereocenters. The minimum Gasteiger partial charge on any atom is -0.344 e. The zero-order chi connectivity index (χ0) is 23.9. The fourth-order valence-corrected chi connectivity index (χ4v) is 7.69. The number of fused-ring (bicyclic) bond motifs is 2. The molecular weight excluding hydrogens is 412 g/mol. The van der Waals surface area contributed by atoms with Gasteiger partial charge in [0.2, 0.25) is 0 Å². The van der Waals surface area contributed by atoms with Crippen molar-refractivity contribution in [3.8, 4) is 0 Å².